The van der Waals surface area contributed by atoms with Crippen LogP contribution in [-0.2, 0) is 13.1 Å². The van der Waals surface area contributed by atoms with Crippen molar-refractivity contribution in [1.82, 2.24) is 20.4 Å². The molecule has 1 saturated carbocycles. The highest BCUT2D eigenvalue weighted by Gasteiger charge is 2.21. The van der Waals surface area contributed by atoms with Crippen LogP contribution in [0.4, 0.5) is 4.79 Å². The summed E-state index contributed by atoms with van der Waals surface area (Å²) in [4.78, 5) is 17.0. The summed E-state index contributed by atoms with van der Waals surface area (Å²) in [5, 5.41) is 6.08. The lowest BCUT2D eigenvalue weighted by molar-refractivity contribution is 0.184. The number of likely N-dealkylation sites (tertiary alicyclic amines) is 1. The van der Waals surface area contributed by atoms with Crippen LogP contribution in [0.15, 0.2) is 24.3 Å². The lowest BCUT2D eigenvalue weighted by atomic mass is 9.94. The number of nitrogens with one attached hydrogen (secondary N) is 2. The number of amides is 2. The molecule has 1 saturated heterocycles. The summed E-state index contributed by atoms with van der Waals surface area (Å²) >= 11 is 0. The zero-order chi connectivity index (χ0) is 19.1. The van der Waals surface area contributed by atoms with E-state index in [-0.39, 0.29) is 6.03 Å². The molecule has 2 fully saturated rings. The van der Waals surface area contributed by atoms with Crippen LogP contribution >= 0.6 is 0 Å². The Bertz CT molecular complexity index is 600. The highest BCUT2D eigenvalue weighted by molar-refractivity contribution is 5.73. The first-order valence-electron chi connectivity index (χ1n) is 10.6. The zero-order valence-corrected chi connectivity index (χ0v) is 17.0. The van der Waals surface area contributed by atoms with Crippen molar-refractivity contribution >= 4 is 6.03 Å². The van der Waals surface area contributed by atoms with Crippen LogP contribution < -0.4 is 10.6 Å². The molecule has 5 heteroatoms. The van der Waals surface area contributed by atoms with Crippen molar-refractivity contribution < 1.29 is 4.79 Å². The summed E-state index contributed by atoms with van der Waals surface area (Å²) in [5.41, 5.74) is 2.54. The Morgan fingerprint density at radius 2 is 1.81 bits per heavy atom. The minimum absolute atomic E-state index is 0.0641. The van der Waals surface area contributed by atoms with E-state index in [2.05, 4.69) is 58.8 Å². The Morgan fingerprint density at radius 1 is 1.07 bits per heavy atom. The average Bonchev–Trinajstić information content (AvgIpc) is 3.11. The number of carbonyl (C=O) groups is 1. The molecule has 2 aliphatic rings. The van der Waals surface area contributed by atoms with Crippen molar-refractivity contribution in [3.8, 4) is 0 Å². The Hall–Kier alpha value is -1.59. The van der Waals surface area contributed by atoms with Gasteiger partial charge in [-0.15, -0.1) is 0 Å². The second-order valence-electron chi connectivity index (χ2n) is 8.32. The standard InChI is InChI=1S/C22H36N4O/c1-25-14-8-13-21(25)16-24-22(27)23-15-18-9-6-7-10-19(18)17-26(2)20-11-4-3-5-12-20/h6-7,9-10,20-21H,3-5,8,11-17H2,1-2H3,(H2,23,24,27)/t21-/m0/s1. The van der Waals surface area contributed by atoms with E-state index in [0.717, 1.165) is 19.6 Å². The largest absolute Gasteiger partial charge is 0.337 e. The highest BCUT2D eigenvalue weighted by Crippen LogP contribution is 2.23. The fraction of sp³-hybridized carbons (Fsp3) is 0.682. The molecule has 1 heterocycles. The minimum atomic E-state index is -0.0641. The van der Waals surface area contributed by atoms with E-state index >= 15 is 0 Å². The van der Waals surface area contributed by atoms with Crippen LogP contribution in [0.2, 0.25) is 0 Å². The van der Waals surface area contributed by atoms with Gasteiger partial charge >= 0.3 is 6.03 Å². The lowest BCUT2D eigenvalue weighted by Gasteiger charge is -2.31. The van der Waals surface area contributed by atoms with Crippen molar-refractivity contribution in [1.29, 1.82) is 0 Å². The molecule has 0 aromatic heterocycles. The van der Waals surface area contributed by atoms with Gasteiger partial charge < -0.3 is 15.5 Å². The fourth-order valence-corrected chi connectivity index (χ4v) is 4.49. The number of benzene rings is 1. The van der Waals surface area contributed by atoms with E-state index in [9.17, 15) is 4.79 Å². The van der Waals surface area contributed by atoms with Crippen LogP contribution in [0.3, 0.4) is 0 Å². The van der Waals surface area contributed by atoms with Crippen molar-refractivity contribution in [3.63, 3.8) is 0 Å². The van der Waals surface area contributed by atoms with Crippen LogP contribution in [0.1, 0.15) is 56.1 Å². The molecule has 1 aromatic rings. The number of nitrogens with zero attached hydrogens (tertiary/aromatic N) is 2. The number of likely N-dealkylation sites (N-methyl/N-ethyl adjacent to an activating group) is 1. The molecule has 5 nitrogen and oxygen atoms in total. The van der Waals surface area contributed by atoms with Crippen molar-refractivity contribution in [3.05, 3.63) is 35.4 Å². The summed E-state index contributed by atoms with van der Waals surface area (Å²) in [5.74, 6) is 0. The molecule has 1 aliphatic carbocycles. The van der Waals surface area contributed by atoms with Gasteiger partial charge in [0.15, 0.2) is 0 Å². The van der Waals surface area contributed by atoms with E-state index in [0.29, 0.717) is 18.6 Å². The molecule has 0 radical (unpaired) electrons. The topological polar surface area (TPSA) is 47.6 Å². The van der Waals surface area contributed by atoms with Crippen molar-refractivity contribution in [2.45, 2.75) is 70.1 Å². The summed E-state index contributed by atoms with van der Waals surface area (Å²) in [7, 11) is 4.38. The second kappa shape index (κ2) is 10.1. The van der Waals surface area contributed by atoms with Gasteiger partial charge in [0.25, 0.3) is 0 Å². The van der Waals surface area contributed by atoms with E-state index in [4.69, 9.17) is 0 Å². The Morgan fingerprint density at radius 3 is 2.52 bits per heavy atom. The first-order valence-corrected chi connectivity index (χ1v) is 10.6. The molecule has 1 atom stereocenters. The quantitative estimate of drug-likeness (QED) is 0.772. The molecular weight excluding hydrogens is 336 g/mol. The molecule has 1 aromatic carbocycles. The van der Waals surface area contributed by atoms with Crippen LogP contribution in [-0.4, -0.2) is 55.1 Å². The van der Waals surface area contributed by atoms with Gasteiger partial charge in [-0.2, -0.15) is 0 Å². The third kappa shape index (κ3) is 5.94. The Balaban J connectivity index is 1.47. The fourth-order valence-electron chi connectivity index (χ4n) is 4.49. The van der Waals surface area contributed by atoms with Gasteiger partial charge in [0.1, 0.15) is 0 Å². The monoisotopic (exact) mass is 372 g/mol. The predicted octanol–water partition coefficient (Wildman–Crippen LogP) is 3.34. The number of hydrogen-bond acceptors (Lipinski definition) is 3. The van der Waals surface area contributed by atoms with E-state index in [1.54, 1.807) is 0 Å². The maximum absolute atomic E-state index is 12.2. The first kappa shape index (κ1) is 20.2. The van der Waals surface area contributed by atoms with Gasteiger partial charge in [0.2, 0.25) is 0 Å². The third-order valence-electron chi connectivity index (χ3n) is 6.35. The van der Waals surface area contributed by atoms with Crippen LogP contribution in [0, 0.1) is 0 Å². The zero-order valence-electron chi connectivity index (χ0n) is 17.0. The molecule has 0 spiro atoms. The molecule has 150 valence electrons. The van der Waals surface area contributed by atoms with Crippen LogP contribution in [0.25, 0.3) is 0 Å². The summed E-state index contributed by atoms with van der Waals surface area (Å²) in [6.07, 6.45) is 9.13. The molecule has 27 heavy (non-hydrogen) atoms. The molecule has 0 unspecified atom stereocenters. The lowest BCUT2D eigenvalue weighted by Crippen LogP contribution is -2.42. The maximum atomic E-state index is 12.2. The van der Waals surface area contributed by atoms with Gasteiger partial charge in [-0.3, -0.25) is 4.90 Å². The first-order chi connectivity index (χ1) is 13.1. The highest BCUT2D eigenvalue weighted by atomic mass is 16.2. The number of urea groups is 1. The van der Waals surface area contributed by atoms with Crippen molar-refractivity contribution in [2.24, 2.45) is 0 Å². The van der Waals surface area contributed by atoms with E-state index in [1.807, 2.05) is 0 Å². The predicted molar refractivity (Wildman–Crippen MR) is 111 cm³/mol. The molecule has 2 amide bonds. The number of carbonyl (C=O) groups excluding carboxylic acids is 1. The average molecular weight is 373 g/mol. The van der Waals surface area contributed by atoms with Gasteiger partial charge in [0.05, 0.1) is 0 Å². The van der Waals surface area contributed by atoms with Gasteiger partial charge in [-0.05, 0) is 57.5 Å². The summed E-state index contributed by atoms with van der Waals surface area (Å²) < 4.78 is 0. The SMILES string of the molecule is CN(Cc1ccccc1CNC(=O)NC[C@@H]1CCCN1C)C1CCCCC1. The van der Waals surface area contributed by atoms with Gasteiger partial charge in [-0.25, -0.2) is 4.79 Å². The molecular formula is C22H36N4O. The smallest absolute Gasteiger partial charge is 0.315 e. The number of hydrogen-bond donors (Lipinski definition) is 2. The van der Waals surface area contributed by atoms with E-state index in [1.165, 1.54) is 56.1 Å². The minimum Gasteiger partial charge on any atom is -0.337 e. The summed E-state index contributed by atoms with van der Waals surface area (Å²) in [6.45, 7) is 3.41. The molecule has 2 N–H and O–H groups in total. The third-order valence-corrected chi connectivity index (χ3v) is 6.35. The Labute approximate surface area is 164 Å². The Kier molecular flexibility index (Phi) is 7.53. The molecule has 3 rings (SSSR count). The van der Waals surface area contributed by atoms with Gasteiger partial charge in [-0.1, -0.05) is 43.5 Å². The maximum Gasteiger partial charge on any atom is 0.315 e. The van der Waals surface area contributed by atoms with Gasteiger partial charge in [0, 0.05) is 31.7 Å². The molecule has 1 aliphatic heterocycles. The summed E-state index contributed by atoms with van der Waals surface area (Å²) in [6, 6.07) is 9.61. The van der Waals surface area contributed by atoms with Crippen molar-refractivity contribution in [2.75, 3.05) is 27.2 Å². The van der Waals surface area contributed by atoms with Crippen LogP contribution in [0.5, 0.6) is 0 Å². The second-order valence-corrected chi connectivity index (χ2v) is 8.32. The molecule has 0 bridgehead atoms. The number of rotatable bonds is 7. The van der Waals surface area contributed by atoms with E-state index < -0.39 is 0 Å². The normalized spacial score (nSPS) is 21.5.